The Bertz CT molecular complexity index is 505. The molecule has 0 saturated carbocycles. The standard InChI is InChI=1S/C11H16ClN5O2S2/c12-2-1-9(19)16-3-5-17(6-4-16)10-14-15-11(21-10)20-7-8(13)18/h1-7H2,(H2,13,18). The number of nitrogens with two attached hydrogens (primary N) is 1. The van der Waals surface area contributed by atoms with Crippen LogP contribution in [-0.4, -0.2) is 64.7 Å². The van der Waals surface area contributed by atoms with E-state index >= 15 is 0 Å². The number of halogens is 1. The summed E-state index contributed by atoms with van der Waals surface area (Å²) in [7, 11) is 0. The van der Waals surface area contributed by atoms with Gasteiger partial charge in [-0.1, -0.05) is 23.1 Å². The lowest BCUT2D eigenvalue weighted by Crippen LogP contribution is -2.48. The summed E-state index contributed by atoms with van der Waals surface area (Å²) in [5, 5.41) is 8.96. The Balaban J connectivity index is 1.84. The molecule has 1 saturated heterocycles. The van der Waals surface area contributed by atoms with E-state index in [2.05, 4.69) is 15.1 Å². The Kier molecular flexibility index (Phi) is 6.07. The number of alkyl halides is 1. The molecule has 2 amide bonds. The third-order valence-electron chi connectivity index (χ3n) is 2.94. The lowest BCUT2D eigenvalue weighted by molar-refractivity contribution is -0.131. The second-order valence-corrected chi connectivity index (χ2v) is 6.97. The number of rotatable bonds is 6. The van der Waals surface area contributed by atoms with E-state index in [1.807, 2.05) is 4.90 Å². The van der Waals surface area contributed by atoms with Crippen molar-refractivity contribution in [3.05, 3.63) is 0 Å². The van der Waals surface area contributed by atoms with E-state index in [1.165, 1.54) is 23.1 Å². The fraction of sp³-hybridized carbons (Fsp3) is 0.636. The van der Waals surface area contributed by atoms with E-state index in [4.69, 9.17) is 17.3 Å². The molecular formula is C11H16ClN5O2S2. The largest absolute Gasteiger partial charge is 0.369 e. The maximum Gasteiger partial charge on any atom is 0.227 e. The topological polar surface area (TPSA) is 92.4 Å². The zero-order valence-corrected chi connectivity index (χ0v) is 13.7. The molecule has 1 aliphatic rings. The molecule has 0 radical (unpaired) electrons. The Morgan fingerprint density at radius 2 is 2.00 bits per heavy atom. The van der Waals surface area contributed by atoms with Gasteiger partial charge in [0.1, 0.15) is 0 Å². The van der Waals surface area contributed by atoms with Crippen LogP contribution < -0.4 is 10.6 Å². The fourth-order valence-electron chi connectivity index (χ4n) is 1.91. The van der Waals surface area contributed by atoms with Gasteiger partial charge in [-0.3, -0.25) is 9.59 Å². The van der Waals surface area contributed by atoms with Crippen molar-refractivity contribution in [1.29, 1.82) is 0 Å². The molecule has 2 heterocycles. The Labute approximate surface area is 135 Å². The number of primary amides is 1. The summed E-state index contributed by atoms with van der Waals surface area (Å²) in [4.78, 5) is 26.4. The van der Waals surface area contributed by atoms with Crippen LogP contribution >= 0.6 is 34.7 Å². The predicted molar refractivity (Wildman–Crippen MR) is 84.0 cm³/mol. The maximum atomic E-state index is 11.7. The first-order valence-electron chi connectivity index (χ1n) is 6.43. The molecule has 0 spiro atoms. The monoisotopic (exact) mass is 349 g/mol. The molecule has 0 bridgehead atoms. The molecule has 2 rings (SSSR count). The van der Waals surface area contributed by atoms with Gasteiger partial charge in [0.2, 0.25) is 16.9 Å². The maximum absolute atomic E-state index is 11.7. The van der Waals surface area contributed by atoms with Gasteiger partial charge in [0.15, 0.2) is 4.34 Å². The first-order chi connectivity index (χ1) is 10.1. The first kappa shape index (κ1) is 16.3. The van der Waals surface area contributed by atoms with Crippen LogP contribution in [0, 0.1) is 0 Å². The van der Waals surface area contributed by atoms with E-state index in [1.54, 1.807) is 0 Å². The number of thioether (sulfide) groups is 1. The molecule has 21 heavy (non-hydrogen) atoms. The minimum atomic E-state index is -0.372. The normalized spacial score (nSPS) is 15.3. The number of amides is 2. The Morgan fingerprint density at radius 3 is 2.62 bits per heavy atom. The third kappa shape index (κ3) is 4.72. The molecule has 0 aromatic carbocycles. The van der Waals surface area contributed by atoms with Crippen LogP contribution in [0.15, 0.2) is 4.34 Å². The quantitative estimate of drug-likeness (QED) is 0.590. The molecule has 1 aromatic rings. The molecule has 0 unspecified atom stereocenters. The van der Waals surface area contributed by atoms with E-state index in [0.29, 0.717) is 25.4 Å². The zero-order valence-electron chi connectivity index (χ0n) is 11.3. The minimum Gasteiger partial charge on any atom is -0.369 e. The molecule has 7 nitrogen and oxygen atoms in total. The highest BCUT2D eigenvalue weighted by atomic mass is 35.5. The number of anilines is 1. The summed E-state index contributed by atoms with van der Waals surface area (Å²) in [5.74, 6) is 0.286. The lowest BCUT2D eigenvalue weighted by Gasteiger charge is -2.34. The summed E-state index contributed by atoms with van der Waals surface area (Å²) in [6, 6.07) is 0. The van der Waals surface area contributed by atoms with E-state index in [9.17, 15) is 9.59 Å². The smallest absolute Gasteiger partial charge is 0.227 e. The highest BCUT2D eigenvalue weighted by molar-refractivity contribution is 8.01. The van der Waals surface area contributed by atoms with Crippen LogP contribution in [-0.2, 0) is 9.59 Å². The number of nitrogens with zero attached hydrogens (tertiary/aromatic N) is 4. The van der Waals surface area contributed by atoms with Crippen LogP contribution in [0.5, 0.6) is 0 Å². The summed E-state index contributed by atoms with van der Waals surface area (Å²) in [6.45, 7) is 2.78. The van der Waals surface area contributed by atoms with Crippen LogP contribution in [0.25, 0.3) is 0 Å². The van der Waals surface area contributed by atoms with Gasteiger partial charge >= 0.3 is 0 Å². The van der Waals surface area contributed by atoms with Gasteiger partial charge in [0.05, 0.1) is 5.75 Å². The number of carbonyl (C=O) groups excluding carboxylic acids is 2. The van der Waals surface area contributed by atoms with Gasteiger partial charge in [-0.15, -0.1) is 21.8 Å². The number of piperazine rings is 1. The van der Waals surface area contributed by atoms with Crippen molar-refractivity contribution in [1.82, 2.24) is 15.1 Å². The van der Waals surface area contributed by atoms with E-state index in [-0.39, 0.29) is 17.6 Å². The number of hydrogen-bond acceptors (Lipinski definition) is 7. The number of carbonyl (C=O) groups is 2. The van der Waals surface area contributed by atoms with Gasteiger partial charge in [-0.05, 0) is 0 Å². The van der Waals surface area contributed by atoms with Crippen molar-refractivity contribution in [3.63, 3.8) is 0 Å². The third-order valence-corrected chi connectivity index (χ3v) is 5.27. The molecule has 0 atom stereocenters. The minimum absolute atomic E-state index is 0.0969. The van der Waals surface area contributed by atoms with Crippen molar-refractivity contribution in [3.8, 4) is 0 Å². The molecule has 116 valence electrons. The summed E-state index contributed by atoms with van der Waals surface area (Å²) >= 11 is 8.31. The van der Waals surface area contributed by atoms with Crippen molar-refractivity contribution in [2.24, 2.45) is 5.73 Å². The van der Waals surface area contributed by atoms with Crippen LogP contribution in [0.4, 0.5) is 5.13 Å². The predicted octanol–water partition coefficient (Wildman–Crippen LogP) is 0.393. The lowest BCUT2D eigenvalue weighted by atomic mass is 10.3. The highest BCUT2D eigenvalue weighted by Gasteiger charge is 2.23. The van der Waals surface area contributed by atoms with Crippen molar-refractivity contribution in [2.45, 2.75) is 10.8 Å². The van der Waals surface area contributed by atoms with Gasteiger partial charge < -0.3 is 15.5 Å². The zero-order chi connectivity index (χ0) is 15.2. The molecule has 0 aliphatic carbocycles. The Morgan fingerprint density at radius 1 is 1.29 bits per heavy atom. The molecule has 2 N–H and O–H groups in total. The van der Waals surface area contributed by atoms with E-state index in [0.717, 1.165) is 22.6 Å². The Hall–Kier alpha value is -1.06. The second kappa shape index (κ2) is 7.81. The van der Waals surface area contributed by atoms with Gasteiger partial charge in [0.25, 0.3) is 0 Å². The molecule has 1 fully saturated rings. The summed E-state index contributed by atoms with van der Waals surface area (Å²) < 4.78 is 0.726. The SMILES string of the molecule is NC(=O)CSc1nnc(N2CCN(C(=O)CCCl)CC2)s1. The van der Waals surface area contributed by atoms with Crippen molar-refractivity contribution >= 4 is 51.6 Å². The molecule has 10 heteroatoms. The number of hydrogen-bond donors (Lipinski definition) is 1. The average molecular weight is 350 g/mol. The first-order valence-corrected chi connectivity index (χ1v) is 8.77. The molecular weight excluding hydrogens is 334 g/mol. The summed E-state index contributed by atoms with van der Waals surface area (Å²) in [5.41, 5.74) is 5.10. The van der Waals surface area contributed by atoms with Crippen LogP contribution in [0.2, 0.25) is 0 Å². The average Bonchev–Trinajstić information content (AvgIpc) is 2.94. The number of aromatic nitrogens is 2. The van der Waals surface area contributed by atoms with Gasteiger partial charge in [-0.25, -0.2) is 0 Å². The van der Waals surface area contributed by atoms with Gasteiger partial charge in [0, 0.05) is 38.5 Å². The van der Waals surface area contributed by atoms with Crippen LogP contribution in [0.1, 0.15) is 6.42 Å². The fourth-order valence-corrected chi connectivity index (χ4v) is 3.70. The highest BCUT2D eigenvalue weighted by Crippen LogP contribution is 2.28. The van der Waals surface area contributed by atoms with Crippen LogP contribution in [0.3, 0.4) is 0 Å². The van der Waals surface area contributed by atoms with E-state index < -0.39 is 0 Å². The second-order valence-electron chi connectivity index (χ2n) is 4.41. The van der Waals surface area contributed by atoms with Gasteiger partial charge in [-0.2, -0.15) is 0 Å². The van der Waals surface area contributed by atoms with Crippen molar-refractivity contribution < 1.29 is 9.59 Å². The molecule has 1 aliphatic heterocycles. The van der Waals surface area contributed by atoms with Crippen molar-refractivity contribution in [2.75, 3.05) is 42.7 Å². The molecule has 1 aromatic heterocycles. The summed E-state index contributed by atoms with van der Waals surface area (Å²) in [6.07, 6.45) is 0.383.